The normalized spacial score (nSPS) is 12.0. The van der Waals surface area contributed by atoms with Crippen molar-refractivity contribution in [2.75, 3.05) is 0 Å². The highest BCUT2D eigenvalue weighted by Gasteiger charge is 2.32. The first-order valence-corrected chi connectivity index (χ1v) is 6.63. The molecule has 0 saturated heterocycles. The van der Waals surface area contributed by atoms with E-state index in [1.54, 1.807) is 24.3 Å². The van der Waals surface area contributed by atoms with Crippen LogP contribution in [0, 0.1) is 0 Å². The molecular formula is C14H9ClF3N3O. The maximum absolute atomic E-state index is 12.8. The summed E-state index contributed by atoms with van der Waals surface area (Å²) in [6.45, 7) is -0.128. The van der Waals surface area contributed by atoms with Gasteiger partial charge in [0.1, 0.15) is 10.8 Å². The molecule has 3 rings (SSSR count). The summed E-state index contributed by atoms with van der Waals surface area (Å²) < 4.78 is 39.3. The van der Waals surface area contributed by atoms with Gasteiger partial charge in [0.25, 0.3) is 5.56 Å². The summed E-state index contributed by atoms with van der Waals surface area (Å²) in [5.74, 6) is 0.374. The number of hydrogen-bond acceptors (Lipinski definition) is 2. The molecule has 22 heavy (non-hydrogen) atoms. The fraction of sp³-hybridized carbons (Fsp3) is 0.143. The Bertz CT molecular complexity index is 865. The molecule has 0 unspecified atom stereocenters. The van der Waals surface area contributed by atoms with Crippen molar-refractivity contribution in [1.82, 2.24) is 14.5 Å². The van der Waals surface area contributed by atoms with Crippen molar-refractivity contribution in [2.45, 2.75) is 12.7 Å². The Morgan fingerprint density at radius 1 is 1.27 bits per heavy atom. The molecule has 0 aliphatic rings. The molecule has 0 spiro atoms. The second-order valence-corrected chi connectivity index (χ2v) is 5.12. The molecule has 1 aromatic carbocycles. The molecule has 0 fully saturated rings. The highest BCUT2D eigenvalue weighted by atomic mass is 35.5. The molecule has 0 radical (unpaired) electrons. The van der Waals surface area contributed by atoms with Crippen LogP contribution >= 0.6 is 11.6 Å². The molecule has 1 N–H and O–H groups in total. The smallest absolute Gasteiger partial charge is 0.340 e. The molecule has 2 aromatic heterocycles. The Morgan fingerprint density at radius 2 is 2.00 bits per heavy atom. The predicted octanol–water partition coefficient (Wildman–Crippen LogP) is 3.45. The molecule has 114 valence electrons. The van der Waals surface area contributed by atoms with Crippen LogP contribution in [0.1, 0.15) is 11.4 Å². The monoisotopic (exact) mass is 327 g/mol. The van der Waals surface area contributed by atoms with Crippen molar-refractivity contribution in [1.29, 1.82) is 0 Å². The molecule has 0 atom stereocenters. The minimum atomic E-state index is -4.58. The van der Waals surface area contributed by atoms with Crippen LogP contribution in [-0.2, 0) is 12.7 Å². The number of hydrogen-bond donors (Lipinski definition) is 1. The van der Waals surface area contributed by atoms with Gasteiger partial charge in [-0.25, -0.2) is 4.98 Å². The number of aromatic nitrogens is 3. The fourth-order valence-corrected chi connectivity index (χ4v) is 2.34. The lowest BCUT2D eigenvalue weighted by Crippen LogP contribution is -2.23. The van der Waals surface area contributed by atoms with E-state index in [1.807, 2.05) is 0 Å². The molecule has 4 nitrogen and oxygen atoms in total. The number of alkyl halides is 3. The van der Waals surface area contributed by atoms with Crippen LogP contribution in [0.5, 0.6) is 0 Å². The van der Waals surface area contributed by atoms with Crippen LogP contribution in [0.25, 0.3) is 11.0 Å². The van der Waals surface area contributed by atoms with Crippen LogP contribution < -0.4 is 5.56 Å². The van der Waals surface area contributed by atoms with Gasteiger partial charge in [0.05, 0.1) is 23.1 Å². The number of rotatable bonds is 2. The highest BCUT2D eigenvalue weighted by molar-refractivity contribution is 6.30. The van der Waals surface area contributed by atoms with Gasteiger partial charge in [-0.1, -0.05) is 23.7 Å². The summed E-state index contributed by atoms with van der Waals surface area (Å²) in [7, 11) is 0. The molecule has 0 aliphatic heterocycles. The van der Waals surface area contributed by atoms with Gasteiger partial charge in [0.2, 0.25) is 0 Å². The number of H-pyrrole nitrogens is 1. The van der Waals surface area contributed by atoms with Crippen molar-refractivity contribution in [2.24, 2.45) is 0 Å². The van der Waals surface area contributed by atoms with Crippen molar-refractivity contribution in [3.05, 3.63) is 63.3 Å². The van der Waals surface area contributed by atoms with Crippen LogP contribution in [0.4, 0.5) is 13.2 Å². The number of halogens is 4. The average Bonchev–Trinajstić information content (AvgIpc) is 2.84. The zero-order chi connectivity index (χ0) is 15.9. The van der Waals surface area contributed by atoms with Gasteiger partial charge in [0.15, 0.2) is 0 Å². The van der Waals surface area contributed by atoms with E-state index in [1.165, 1.54) is 0 Å². The summed E-state index contributed by atoms with van der Waals surface area (Å²) in [4.78, 5) is 19.1. The molecule has 3 aromatic rings. The largest absolute Gasteiger partial charge is 0.417 e. The number of fused-ring (bicyclic) bond motifs is 1. The number of pyridine rings is 1. The summed E-state index contributed by atoms with van der Waals surface area (Å²) in [6.07, 6.45) is -3.84. The quantitative estimate of drug-likeness (QED) is 0.784. The fourth-order valence-electron chi connectivity index (χ4n) is 2.11. The van der Waals surface area contributed by atoms with Gasteiger partial charge in [-0.05, 0) is 18.2 Å². The van der Waals surface area contributed by atoms with Crippen LogP contribution in [0.15, 0.2) is 41.3 Å². The third-order valence-electron chi connectivity index (χ3n) is 3.13. The summed E-state index contributed by atoms with van der Waals surface area (Å²) in [5.41, 5.74) is -0.268. The van der Waals surface area contributed by atoms with E-state index in [-0.39, 0.29) is 6.54 Å². The van der Waals surface area contributed by atoms with E-state index in [4.69, 9.17) is 11.6 Å². The Balaban J connectivity index is 2.04. The predicted molar refractivity (Wildman–Crippen MR) is 75.9 cm³/mol. The number of para-hydroxylation sites is 2. The second kappa shape index (κ2) is 5.17. The molecule has 8 heteroatoms. The first-order valence-electron chi connectivity index (χ1n) is 6.25. The van der Waals surface area contributed by atoms with E-state index in [2.05, 4.69) is 9.97 Å². The average molecular weight is 328 g/mol. The number of imidazole rings is 1. The van der Waals surface area contributed by atoms with Crippen molar-refractivity contribution >= 4 is 22.6 Å². The van der Waals surface area contributed by atoms with Gasteiger partial charge in [-0.3, -0.25) is 4.79 Å². The third-order valence-corrected chi connectivity index (χ3v) is 3.40. The van der Waals surface area contributed by atoms with Crippen LogP contribution in [-0.4, -0.2) is 14.5 Å². The van der Waals surface area contributed by atoms with Crippen molar-refractivity contribution in [3.63, 3.8) is 0 Å². The zero-order valence-corrected chi connectivity index (χ0v) is 11.7. The first-order chi connectivity index (χ1) is 10.3. The van der Waals surface area contributed by atoms with E-state index in [0.29, 0.717) is 17.4 Å². The molecular weight excluding hydrogens is 319 g/mol. The van der Waals surface area contributed by atoms with Gasteiger partial charge >= 0.3 is 6.18 Å². The lowest BCUT2D eigenvalue weighted by atomic mass is 10.2. The lowest BCUT2D eigenvalue weighted by Gasteiger charge is -2.10. The Kier molecular flexibility index (Phi) is 3.44. The number of benzene rings is 1. The van der Waals surface area contributed by atoms with Crippen molar-refractivity contribution < 1.29 is 13.2 Å². The molecule has 0 bridgehead atoms. The van der Waals surface area contributed by atoms with E-state index >= 15 is 0 Å². The minimum absolute atomic E-state index is 0.128. The van der Waals surface area contributed by atoms with Crippen LogP contribution in [0.2, 0.25) is 5.02 Å². The Hall–Kier alpha value is -2.28. The topological polar surface area (TPSA) is 50.7 Å². The van der Waals surface area contributed by atoms with E-state index in [0.717, 1.165) is 16.3 Å². The van der Waals surface area contributed by atoms with Gasteiger partial charge in [0, 0.05) is 6.20 Å². The molecule has 0 aliphatic carbocycles. The maximum Gasteiger partial charge on any atom is 0.417 e. The molecule has 2 heterocycles. The second-order valence-electron chi connectivity index (χ2n) is 4.71. The Labute approximate surface area is 127 Å². The third kappa shape index (κ3) is 2.71. The zero-order valence-electron chi connectivity index (χ0n) is 11.0. The summed E-state index contributed by atoms with van der Waals surface area (Å²) in [6, 6.07) is 7.77. The highest BCUT2D eigenvalue weighted by Crippen LogP contribution is 2.29. The lowest BCUT2D eigenvalue weighted by molar-refractivity contribution is -0.138. The van der Waals surface area contributed by atoms with Gasteiger partial charge in [-0.15, -0.1) is 0 Å². The number of nitrogens with one attached hydrogen (secondary N) is 1. The SMILES string of the molecule is O=c1c(Cl)cc(C(F)(F)F)cn1Cc1nc2ccccc2[nH]1. The number of aromatic amines is 1. The summed E-state index contributed by atoms with van der Waals surface area (Å²) >= 11 is 5.61. The van der Waals surface area contributed by atoms with E-state index in [9.17, 15) is 18.0 Å². The Morgan fingerprint density at radius 3 is 2.68 bits per heavy atom. The molecule has 0 amide bonds. The van der Waals surface area contributed by atoms with Gasteiger partial charge < -0.3 is 9.55 Å². The van der Waals surface area contributed by atoms with Crippen LogP contribution in [0.3, 0.4) is 0 Å². The minimum Gasteiger partial charge on any atom is -0.340 e. The standard InChI is InChI=1S/C14H9ClF3N3O/c15-9-5-8(14(16,17)18)6-21(13(9)22)7-12-19-10-3-1-2-4-11(10)20-12/h1-6H,7H2,(H,19,20). The van der Waals surface area contributed by atoms with Gasteiger partial charge in [-0.2, -0.15) is 13.2 Å². The molecule has 0 saturated carbocycles. The van der Waals surface area contributed by atoms with E-state index < -0.39 is 22.3 Å². The number of nitrogens with zero attached hydrogens (tertiary/aromatic N) is 2. The first kappa shape index (κ1) is 14.6. The van der Waals surface area contributed by atoms with Crippen molar-refractivity contribution in [3.8, 4) is 0 Å². The maximum atomic E-state index is 12.8. The summed E-state index contributed by atoms with van der Waals surface area (Å²) in [5, 5.41) is -0.481.